The molecule has 2 aliphatic heterocycles. The highest BCUT2D eigenvalue weighted by atomic mass is 15.6. The lowest BCUT2D eigenvalue weighted by atomic mass is 10.1. The molecule has 2 fully saturated rings. The Hall–Kier alpha value is -0.0800. The number of hydrogen-bond donors (Lipinski definition) is 0. The van der Waals surface area contributed by atoms with Gasteiger partial charge in [0.05, 0.1) is 46.7 Å². The summed E-state index contributed by atoms with van der Waals surface area (Å²) in [7, 11) is 5.13. The Morgan fingerprint density at radius 1 is 0.667 bits per heavy atom. The van der Waals surface area contributed by atoms with Crippen LogP contribution in [0.1, 0.15) is 77.6 Å². The van der Waals surface area contributed by atoms with Gasteiger partial charge in [-0.1, -0.05) is 39.0 Å². The van der Waals surface area contributed by atoms with Crippen molar-refractivity contribution in [3.8, 4) is 0 Å². The molecule has 0 atom stereocenters. The van der Waals surface area contributed by atoms with E-state index in [9.17, 15) is 0 Å². The molecule has 0 aromatic heterocycles. The molecule has 0 N–H and O–H groups in total. The summed E-state index contributed by atoms with van der Waals surface area (Å²) in [5.41, 5.74) is 0. The fraction of sp³-hybridized carbons (Fsp3) is 1.00. The van der Waals surface area contributed by atoms with Crippen molar-refractivity contribution in [2.24, 2.45) is 0 Å². The Kier molecular flexibility index (Phi) is 6.55. The fourth-order valence-corrected chi connectivity index (χ4v) is 5.12. The first kappa shape index (κ1) is 17.3. The molecule has 21 heavy (non-hydrogen) atoms. The van der Waals surface area contributed by atoms with Gasteiger partial charge >= 0.3 is 0 Å². The van der Waals surface area contributed by atoms with E-state index in [0.29, 0.717) is 0 Å². The van der Waals surface area contributed by atoms with Crippen LogP contribution in [0.3, 0.4) is 0 Å². The number of quaternary nitrogens is 2. The molecule has 2 heterocycles. The highest BCUT2D eigenvalue weighted by Crippen LogP contribution is 2.33. The maximum atomic E-state index is 2.57. The van der Waals surface area contributed by atoms with Crippen LogP contribution in [0.25, 0.3) is 0 Å². The monoisotopic (exact) mass is 296 g/mol. The van der Waals surface area contributed by atoms with Crippen LogP contribution in [0, 0.1) is 0 Å². The molecule has 0 radical (unpaired) electrons. The van der Waals surface area contributed by atoms with E-state index < -0.39 is 0 Å². The molecule has 2 nitrogen and oxygen atoms in total. The molecule has 0 aromatic carbocycles. The van der Waals surface area contributed by atoms with E-state index in [1.165, 1.54) is 106 Å². The Morgan fingerprint density at radius 2 is 1.10 bits per heavy atom. The zero-order valence-electron chi connectivity index (χ0n) is 15.1. The standard InChI is InChI=1S/C19H40N2/c1-4-5-6-7-8-9-14-19(20(2)15-10-11-16-20)21(3)17-12-13-18-21/h19H,4-18H2,1-3H3/q+2. The van der Waals surface area contributed by atoms with Crippen molar-refractivity contribution < 1.29 is 8.97 Å². The number of likely N-dealkylation sites (tertiary alicyclic amines) is 2. The van der Waals surface area contributed by atoms with E-state index in [1.807, 2.05) is 0 Å². The zero-order chi connectivity index (χ0) is 15.2. The van der Waals surface area contributed by atoms with Gasteiger partial charge in [0, 0.05) is 25.7 Å². The molecule has 0 amide bonds. The second-order valence-corrected chi connectivity index (χ2v) is 8.30. The summed E-state index contributed by atoms with van der Waals surface area (Å²) in [6.45, 7) is 8.07. The van der Waals surface area contributed by atoms with Crippen molar-refractivity contribution in [2.75, 3.05) is 40.3 Å². The average molecular weight is 297 g/mol. The first-order valence-electron chi connectivity index (χ1n) is 9.79. The van der Waals surface area contributed by atoms with Gasteiger partial charge in [0.15, 0.2) is 0 Å². The highest BCUT2D eigenvalue weighted by molar-refractivity contribution is 4.63. The number of hydrogen-bond acceptors (Lipinski definition) is 0. The predicted octanol–water partition coefficient (Wildman–Crippen LogP) is 4.54. The van der Waals surface area contributed by atoms with E-state index in [0.717, 1.165) is 6.17 Å². The lowest BCUT2D eigenvalue weighted by Crippen LogP contribution is -2.65. The third kappa shape index (κ3) is 4.45. The lowest BCUT2D eigenvalue weighted by Gasteiger charge is -2.47. The minimum absolute atomic E-state index is 0.890. The summed E-state index contributed by atoms with van der Waals surface area (Å²) in [4.78, 5) is 0. The summed E-state index contributed by atoms with van der Waals surface area (Å²) in [6, 6.07) is 0. The van der Waals surface area contributed by atoms with Gasteiger partial charge in [-0.05, 0) is 6.42 Å². The van der Waals surface area contributed by atoms with Gasteiger partial charge < -0.3 is 0 Å². The van der Waals surface area contributed by atoms with Crippen molar-refractivity contribution in [1.82, 2.24) is 0 Å². The Morgan fingerprint density at radius 3 is 1.57 bits per heavy atom. The zero-order valence-corrected chi connectivity index (χ0v) is 15.1. The van der Waals surface area contributed by atoms with E-state index in [1.54, 1.807) is 0 Å². The predicted molar refractivity (Wildman–Crippen MR) is 92.1 cm³/mol. The maximum absolute atomic E-state index is 2.57. The summed E-state index contributed by atoms with van der Waals surface area (Å²) in [5.74, 6) is 0. The third-order valence-corrected chi connectivity index (χ3v) is 6.43. The van der Waals surface area contributed by atoms with Crippen LogP contribution >= 0.6 is 0 Å². The van der Waals surface area contributed by atoms with Crippen molar-refractivity contribution in [3.05, 3.63) is 0 Å². The molecule has 0 saturated carbocycles. The van der Waals surface area contributed by atoms with E-state index >= 15 is 0 Å². The van der Waals surface area contributed by atoms with Crippen molar-refractivity contribution in [2.45, 2.75) is 83.7 Å². The number of nitrogens with zero attached hydrogens (tertiary/aromatic N) is 2. The summed E-state index contributed by atoms with van der Waals surface area (Å²) >= 11 is 0. The molecule has 2 saturated heterocycles. The van der Waals surface area contributed by atoms with Gasteiger partial charge in [-0.25, -0.2) is 0 Å². The second kappa shape index (κ2) is 7.97. The minimum Gasteiger partial charge on any atom is -0.277 e. The van der Waals surface area contributed by atoms with E-state index in [-0.39, 0.29) is 0 Å². The van der Waals surface area contributed by atoms with Gasteiger partial charge in [0.1, 0.15) is 0 Å². The Bertz CT molecular complexity index is 266. The minimum atomic E-state index is 0.890. The molecular formula is C19H40N2+2. The first-order valence-corrected chi connectivity index (χ1v) is 9.79. The van der Waals surface area contributed by atoms with Crippen LogP contribution in [-0.2, 0) is 0 Å². The van der Waals surface area contributed by atoms with Gasteiger partial charge in [0.2, 0.25) is 6.17 Å². The largest absolute Gasteiger partial charge is 0.277 e. The molecule has 124 valence electrons. The Balaban J connectivity index is 1.87. The third-order valence-electron chi connectivity index (χ3n) is 6.43. The van der Waals surface area contributed by atoms with Gasteiger partial charge in [-0.15, -0.1) is 0 Å². The van der Waals surface area contributed by atoms with Crippen LogP contribution < -0.4 is 0 Å². The van der Waals surface area contributed by atoms with Crippen molar-refractivity contribution >= 4 is 0 Å². The molecule has 2 heteroatoms. The van der Waals surface area contributed by atoms with Crippen LogP contribution in [-0.4, -0.2) is 55.4 Å². The molecule has 2 aliphatic rings. The molecule has 0 aliphatic carbocycles. The smallest absolute Gasteiger partial charge is 0.216 e. The summed E-state index contributed by atoms with van der Waals surface area (Å²) in [5, 5.41) is 0. The Labute approximate surface area is 133 Å². The molecule has 0 aromatic rings. The van der Waals surface area contributed by atoms with Crippen LogP contribution in [0.5, 0.6) is 0 Å². The molecule has 0 spiro atoms. The number of unbranched alkanes of at least 4 members (excludes halogenated alkanes) is 5. The summed E-state index contributed by atoms with van der Waals surface area (Å²) < 4.78 is 2.76. The first-order chi connectivity index (χ1) is 10.1. The molecule has 0 bridgehead atoms. The molecule has 0 unspecified atom stereocenters. The van der Waals surface area contributed by atoms with E-state index in [4.69, 9.17) is 0 Å². The second-order valence-electron chi connectivity index (χ2n) is 8.30. The molecular weight excluding hydrogens is 256 g/mol. The topological polar surface area (TPSA) is 0 Å². The van der Waals surface area contributed by atoms with Crippen LogP contribution in [0.15, 0.2) is 0 Å². The average Bonchev–Trinajstić information content (AvgIpc) is 3.08. The fourth-order valence-electron chi connectivity index (χ4n) is 5.12. The van der Waals surface area contributed by atoms with Crippen molar-refractivity contribution in [3.63, 3.8) is 0 Å². The quantitative estimate of drug-likeness (QED) is 0.433. The maximum Gasteiger partial charge on any atom is 0.216 e. The van der Waals surface area contributed by atoms with E-state index in [2.05, 4.69) is 21.0 Å². The van der Waals surface area contributed by atoms with Gasteiger partial charge in [-0.3, -0.25) is 8.97 Å². The van der Waals surface area contributed by atoms with Crippen LogP contribution in [0.4, 0.5) is 0 Å². The normalized spacial score (nSPS) is 24.0. The lowest BCUT2D eigenvalue weighted by molar-refractivity contribution is -1.11. The number of rotatable bonds is 9. The van der Waals surface area contributed by atoms with Crippen molar-refractivity contribution in [1.29, 1.82) is 0 Å². The van der Waals surface area contributed by atoms with Crippen LogP contribution in [0.2, 0.25) is 0 Å². The highest BCUT2D eigenvalue weighted by Gasteiger charge is 2.48. The SMILES string of the molecule is CCCCCCCCC([N+]1(C)CCCC1)[N+]1(C)CCCC1. The molecule has 2 rings (SSSR count). The summed E-state index contributed by atoms with van der Waals surface area (Å²) in [6.07, 6.45) is 16.9. The van der Waals surface area contributed by atoms with Gasteiger partial charge in [-0.2, -0.15) is 0 Å². The van der Waals surface area contributed by atoms with Gasteiger partial charge in [0.25, 0.3) is 0 Å².